The van der Waals surface area contributed by atoms with Crippen molar-refractivity contribution in [3.63, 3.8) is 0 Å². The van der Waals surface area contributed by atoms with Gasteiger partial charge in [-0.15, -0.1) is 0 Å². The molecular formula is C12H16N2O6. The lowest BCUT2D eigenvalue weighted by Gasteiger charge is -2.16. The Morgan fingerprint density at radius 1 is 0.800 bits per heavy atom. The molecule has 8 heteroatoms. The molecule has 2 heterocycles. The molecular weight excluding hydrogens is 268 g/mol. The van der Waals surface area contributed by atoms with Gasteiger partial charge in [-0.05, 0) is 12.8 Å². The summed E-state index contributed by atoms with van der Waals surface area (Å²) in [7, 11) is 0. The topological polar surface area (TPSA) is 115 Å². The van der Waals surface area contributed by atoms with Gasteiger partial charge in [-0.3, -0.25) is 29.0 Å². The molecule has 0 aromatic carbocycles. The van der Waals surface area contributed by atoms with Crippen molar-refractivity contribution in [3.05, 3.63) is 0 Å². The molecule has 2 rings (SSSR count). The van der Waals surface area contributed by atoms with E-state index in [2.05, 4.69) is 0 Å². The Kier molecular flexibility index (Phi) is 4.15. The lowest BCUT2D eigenvalue weighted by molar-refractivity contribution is -0.143. The highest BCUT2D eigenvalue weighted by molar-refractivity contribution is 6.05. The summed E-state index contributed by atoms with van der Waals surface area (Å²) in [5, 5.41) is 18.5. The molecule has 0 aromatic heterocycles. The molecule has 2 atom stereocenters. The number of rotatable bonds is 5. The Hall–Kier alpha value is -1.80. The van der Waals surface area contributed by atoms with Crippen molar-refractivity contribution in [1.82, 2.24) is 9.80 Å². The number of hydrogen-bond acceptors (Lipinski definition) is 6. The normalized spacial score (nSPS) is 27.1. The summed E-state index contributed by atoms with van der Waals surface area (Å²) in [5.74, 6) is -2.02. The molecule has 8 nitrogen and oxygen atoms in total. The minimum atomic E-state index is -1.25. The highest BCUT2D eigenvalue weighted by Gasteiger charge is 2.38. The molecule has 4 amide bonds. The first kappa shape index (κ1) is 14.6. The number of hydrogen-bond donors (Lipinski definition) is 2. The highest BCUT2D eigenvalue weighted by Crippen LogP contribution is 2.16. The first-order valence-electron chi connectivity index (χ1n) is 6.46. The number of amides is 4. The molecule has 2 unspecified atom stereocenters. The second-order valence-electron chi connectivity index (χ2n) is 4.91. The maximum atomic E-state index is 11.4. The fourth-order valence-corrected chi connectivity index (χ4v) is 2.34. The molecule has 0 radical (unpaired) electrons. The molecule has 0 spiro atoms. The van der Waals surface area contributed by atoms with Crippen LogP contribution < -0.4 is 0 Å². The largest absolute Gasteiger partial charge is 0.383 e. The third kappa shape index (κ3) is 2.70. The van der Waals surface area contributed by atoms with E-state index in [1.807, 2.05) is 0 Å². The van der Waals surface area contributed by atoms with Crippen LogP contribution in [0.25, 0.3) is 0 Å². The second-order valence-corrected chi connectivity index (χ2v) is 4.91. The fraction of sp³-hybridized carbons (Fsp3) is 0.667. The van der Waals surface area contributed by atoms with E-state index in [0.717, 1.165) is 9.80 Å². The molecule has 2 saturated heterocycles. The Morgan fingerprint density at radius 3 is 1.40 bits per heavy atom. The van der Waals surface area contributed by atoms with Crippen LogP contribution in [0.4, 0.5) is 0 Å². The summed E-state index contributed by atoms with van der Waals surface area (Å²) in [6, 6.07) is 0. The van der Waals surface area contributed by atoms with Crippen LogP contribution in [-0.4, -0.2) is 68.9 Å². The number of imide groups is 2. The van der Waals surface area contributed by atoms with Crippen LogP contribution in [0.3, 0.4) is 0 Å². The average molecular weight is 284 g/mol. The third-order valence-electron chi connectivity index (χ3n) is 3.45. The molecule has 2 N–H and O–H groups in total. The van der Waals surface area contributed by atoms with Gasteiger partial charge in [-0.25, -0.2) is 0 Å². The number of aliphatic hydroxyl groups excluding tert-OH is 2. The van der Waals surface area contributed by atoms with Crippen molar-refractivity contribution < 1.29 is 29.4 Å². The van der Waals surface area contributed by atoms with E-state index < -0.39 is 35.8 Å². The van der Waals surface area contributed by atoms with Gasteiger partial charge in [0.2, 0.25) is 11.8 Å². The molecule has 0 aromatic rings. The summed E-state index contributed by atoms with van der Waals surface area (Å²) in [6.07, 6.45) is -2.02. The van der Waals surface area contributed by atoms with Gasteiger partial charge in [0.15, 0.2) is 0 Å². The molecule has 110 valence electrons. The van der Waals surface area contributed by atoms with Crippen LogP contribution >= 0.6 is 0 Å². The first-order valence-corrected chi connectivity index (χ1v) is 6.46. The minimum absolute atomic E-state index is 0.160. The number of carbonyl (C=O) groups excluding carboxylic acids is 4. The molecule has 20 heavy (non-hydrogen) atoms. The van der Waals surface area contributed by atoms with E-state index in [1.54, 1.807) is 0 Å². The number of aliphatic hydroxyl groups is 2. The van der Waals surface area contributed by atoms with Gasteiger partial charge in [0, 0.05) is 13.1 Å². The van der Waals surface area contributed by atoms with Crippen molar-refractivity contribution in [2.75, 3.05) is 13.1 Å². The van der Waals surface area contributed by atoms with Crippen LogP contribution in [0, 0.1) is 0 Å². The third-order valence-corrected chi connectivity index (χ3v) is 3.45. The Balaban J connectivity index is 1.75. The summed E-state index contributed by atoms with van der Waals surface area (Å²) in [6.45, 7) is 0.320. The quantitative estimate of drug-likeness (QED) is 0.446. The zero-order valence-electron chi connectivity index (χ0n) is 10.8. The van der Waals surface area contributed by atoms with Crippen LogP contribution in [-0.2, 0) is 19.2 Å². The monoisotopic (exact) mass is 284 g/mol. The van der Waals surface area contributed by atoms with Gasteiger partial charge < -0.3 is 10.2 Å². The molecule has 2 fully saturated rings. The summed E-state index contributed by atoms with van der Waals surface area (Å²) >= 11 is 0. The predicted octanol–water partition coefficient (Wildman–Crippen LogP) is -1.99. The van der Waals surface area contributed by atoms with Crippen molar-refractivity contribution in [2.24, 2.45) is 0 Å². The van der Waals surface area contributed by atoms with E-state index in [-0.39, 0.29) is 25.9 Å². The van der Waals surface area contributed by atoms with Gasteiger partial charge in [-0.2, -0.15) is 0 Å². The summed E-state index contributed by atoms with van der Waals surface area (Å²) in [4.78, 5) is 47.6. The lowest BCUT2D eigenvalue weighted by Crippen LogP contribution is -2.35. The number of carbonyl (C=O) groups is 4. The minimum Gasteiger partial charge on any atom is -0.383 e. The molecule has 0 saturated carbocycles. The van der Waals surface area contributed by atoms with Crippen molar-refractivity contribution >= 4 is 23.6 Å². The maximum absolute atomic E-state index is 11.4. The van der Waals surface area contributed by atoms with Gasteiger partial charge in [0.25, 0.3) is 11.8 Å². The van der Waals surface area contributed by atoms with Crippen LogP contribution in [0.15, 0.2) is 0 Å². The summed E-state index contributed by atoms with van der Waals surface area (Å²) in [5.41, 5.74) is 0. The van der Waals surface area contributed by atoms with Crippen LogP contribution in [0.2, 0.25) is 0 Å². The number of likely N-dealkylation sites (tertiary alicyclic amines) is 2. The summed E-state index contributed by atoms with van der Waals surface area (Å²) < 4.78 is 0. The standard InChI is InChI=1S/C12H16N2O6/c15-7-5-9(17)13(11(7)19)3-1-2-4-14-10(18)6-8(16)12(14)20/h7-8,15-16H,1-6H2. The smallest absolute Gasteiger partial charge is 0.258 e. The number of unbranched alkanes of at least 4 members (excludes halogenated alkanes) is 1. The Labute approximate surface area is 114 Å². The highest BCUT2D eigenvalue weighted by atomic mass is 16.3. The molecule has 0 aliphatic carbocycles. The van der Waals surface area contributed by atoms with Gasteiger partial charge in [0.05, 0.1) is 12.8 Å². The van der Waals surface area contributed by atoms with Gasteiger partial charge in [-0.1, -0.05) is 0 Å². The van der Waals surface area contributed by atoms with E-state index in [1.165, 1.54) is 0 Å². The molecule has 2 aliphatic rings. The van der Waals surface area contributed by atoms with Crippen molar-refractivity contribution in [2.45, 2.75) is 37.9 Å². The van der Waals surface area contributed by atoms with Crippen LogP contribution in [0.5, 0.6) is 0 Å². The van der Waals surface area contributed by atoms with E-state index in [0.29, 0.717) is 12.8 Å². The van der Waals surface area contributed by atoms with Gasteiger partial charge >= 0.3 is 0 Å². The zero-order valence-corrected chi connectivity index (χ0v) is 10.8. The predicted molar refractivity (Wildman–Crippen MR) is 63.9 cm³/mol. The van der Waals surface area contributed by atoms with E-state index in [4.69, 9.17) is 0 Å². The van der Waals surface area contributed by atoms with E-state index >= 15 is 0 Å². The Bertz CT molecular complexity index is 421. The first-order chi connectivity index (χ1) is 9.41. The number of nitrogens with zero attached hydrogens (tertiary/aromatic N) is 2. The Morgan fingerprint density at radius 2 is 1.15 bits per heavy atom. The average Bonchev–Trinajstić information content (AvgIpc) is 2.76. The maximum Gasteiger partial charge on any atom is 0.258 e. The lowest BCUT2D eigenvalue weighted by atomic mass is 10.2. The second kappa shape index (κ2) is 5.68. The van der Waals surface area contributed by atoms with E-state index in [9.17, 15) is 29.4 Å². The fourth-order valence-electron chi connectivity index (χ4n) is 2.34. The zero-order chi connectivity index (χ0) is 14.9. The van der Waals surface area contributed by atoms with Gasteiger partial charge in [0.1, 0.15) is 12.2 Å². The molecule has 2 aliphatic heterocycles. The molecule has 0 bridgehead atoms. The SMILES string of the molecule is O=C1CC(O)C(=O)N1CCCCN1C(=O)CC(O)C1=O. The van der Waals surface area contributed by atoms with Crippen LogP contribution in [0.1, 0.15) is 25.7 Å². The van der Waals surface area contributed by atoms with Crippen molar-refractivity contribution in [3.8, 4) is 0 Å². The van der Waals surface area contributed by atoms with Crippen molar-refractivity contribution in [1.29, 1.82) is 0 Å².